The number of amides is 1. The lowest BCUT2D eigenvalue weighted by Crippen LogP contribution is -2.39. The number of ether oxygens (including phenoxy) is 2. The highest BCUT2D eigenvalue weighted by atomic mass is 16.6. The van der Waals surface area contributed by atoms with E-state index in [1.807, 2.05) is 6.07 Å². The van der Waals surface area contributed by atoms with Gasteiger partial charge in [-0.1, -0.05) is 19.1 Å². The summed E-state index contributed by atoms with van der Waals surface area (Å²) in [6.45, 7) is 2.32. The zero-order valence-corrected chi connectivity index (χ0v) is 13.2. The van der Waals surface area contributed by atoms with Crippen LogP contribution in [0.2, 0.25) is 0 Å². The Kier molecular flexibility index (Phi) is 5.38. The molecule has 2 rings (SSSR count). The first-order chi connectivity index (χ1) is 10.5. The van der Waals surface area contributed by atoms with Crippen LogP contribution < -0.4 is 14.8 Å². The van der Waals surface area contributed by atoms with E-state index >= 15 is 0 Å². The number of carbonyl (C=O) groups is 2. The molecule has 0 bridgehead atoms. The Morgan fingerprint density at radius 1 is 1.27 bits per heavy atom. The van der Waals surface area contributed by atoms with Crippen LogP contribution in [0.15, 0.2) is 24.3 Å². The fourth-order valence-electron chi connectivity index (χ4n) is 2.30. The minimum atomic E-state index is -0.304. The van der Waals surface area contributed by atoms with Crippen LogP contribution in [0.1, 0.15) is 19.8 Å². The number of nitrogens with one attached hydrogen (secondary N) is 1. The summed E-state index contributed by atoms with van der Waals surface area (Å²) in [5, 5.41) is 3.16. The van der Waals surface area contributed by atoms with E-state index < -0.39 is 0 Å². The lowest BCUT2D eigenvalue weighted by molar-refractivity contribution is -0.134. The van der Waals surface area contributed by atoms with Crippen LogP contribution >= 0.6 is 0 Å². The second-order valence-electron chi connectivity index (χ2n) is 5.44. The molecule has 22 heavy (non-hydrogen) atoms. The fourth-order valence-corrected chi connectivity index (χ4v) is 2.30. The Hall–Kier alpha value is -2.08. The summed E-state index contributed by atoms with van der Waals surface area (Å²) in [5.74, 6) is 0.670. The second-order valence-corrected chi connectivity index (χ2v) is 5.44. The largest absolute Gasteiger partial charge is 0.485 e. The highest BCUT2D eigenvalue weighted by Gasteiger charge is 2.32. The zero-order valence-electron chi connectivity index (χ0n) is 13.2. The standard InChI is InChI=1S/C16H22N2O4/c1-4-15(19)22-14-8-6-5-7-13(14)21-11-9-12(17-10-11)16(20)18(2)3/h5-8,11-12,17H,4,9-10H2,1-3H3/t11-,12-/m0/s1. The van der Waals surface area contributed by atoms with Crippen molar-refractivity contribution in [1.82, 2.24) is 10.2 Å². The number of hydrogen-bond donors (Lipinski definition) is 1. The molecule has 1 fully saturated rings. The van der Waals surface area contributed by atoms with E-state index in [2.05, 4.69) is 5.32 Å². The summed E-state index contributed by atoms with van der Waals surface area (Å²) in [6.07, 6.45) is 0.765. The van der Waals surface area contributed by atoms with Gasteiger partial charge in [0.25, 0.3) is 0 Å². The van der Waals surface area contributed by atoms with Crippen LogP contribution in [0.25, 0.3) is 0 Å². The molecular formula is C16H22N2O4. The molecule has 1 heterocycles. The number of hydrogen-bond acceptors (Lipinski definition) is 5. The van der Waals surface area contributed by atoms with E-state index in [1.54, 1.807) is 44.1 Å². The van der Waals surface area contributed by atoms with Crippen LogP contribution in [0.5, 0.6) is 11.5 Å². The van der Waals surface area contributed by atoms with Crippen LogP contribution in [-0.2, 0) is 9.59 Å². The normalized spacial score (nSPS) is 20.5. The number of benzene rings is 1. The number of likely N-dealkylation sites (N-methyl/N-ethyl adjacent to an activating group) is 1. The van der Waals surface area contributed by atoms with Crippen LogP contribution in [0.3, 0.4) is 0 Å². The van der Waals surface area contributed by atoms with Crippen molar-refractivity contribution in [3.8, 4) is 11.5 Å². The molecule has 6 nitrogen and oxygen atoms in total. The fraction of sp³-hybridized carbons (Fsp3) is 0.500. The maximum atomic E-state index is 11.9. The highest BCUT2D eigenvalue weighted by molar-refractivity contribution is 5.81. The second kappa shape index (κ2) is 7.26. The summed E-state index contributed by atoms with van der Waals surface area (Å²) in [6, 6.07) is 6.85. The molecule has 1 aliphatic rings. The van der Waals surface area contributed by atoms with Gasteiger partial charge in [-0.05, 0) is 12.1 Å². The molecule has 1 aromatic carbocycles. The van der Waals surface area contributed by atoms with Crippen molar-refractivity contribution in [2.24, 2.45) is 0 Å². The van der Waals surface area contributed by atoms with Gasteiger partial charge in [0.15, 0.2) is 11.5 Å². The monoisotopic (exact) mass is 306 g/mol. The van der Waals surface area contributed by atoms with Crippen molar-refractivity contribution >= 4 is 11.9 Å². The van der Waals surface area contributed by atoms with Gasteiger partial charge in [-0.2, -0.15) is 0 Å². The molecule has 0 aliphatic carbocycles. The summed E-state index contributed by atoms with van der Waals surface area (Å²) < 4.78 is 11.2. The molecule has 0 unspecified atom stereocenters. The van der Waals surface area contributed by atoms with Gasteiger partial charge in [0.05, 0.1) is 6.04 Å². The minimum Gasteiger partial charge on any atom is -0.485 e. The number of nitrogens with zero attached hydrogens (tertiary/aromatic N) is 1. The number of para-hydroxylation sites is 2. The summed E-state index contributed by atoms with van der Waals surface area (Å²) in [5.41, 5.74) is 0. The number of rotatable bonds is 5. The van der Waals surface area contributed by atoms with E-state index in [0.29, 0.717) is 30.9 Å². The average Bonchev–Trinajstić information content (AvgIpc) is 2.96. The van der Waals surface area contributed by atoms with E-state index in [-0.39, 0.29) is 24.0 Å². The SMILES string of the molecule is CCC(=O)Oc1ccccc1O[C@@H]1CN[C@H](C(=O)N(C)C)C1. The molecule has 1 saturated heterocycles. The molecule has 0 spiro atoms. The molecule has 2 atom stereocenters. The molecule has 0 saturated carbocycles. The Morgan fingerprint density at radius 2 is 1.95 bits per heavy atom. The topological polar surface area (TPSA) is 67.9 Å². The smallest absolute Gasteiger partial charge is 0.311 e. The molecule has 0 aromatic heterocycles. The van der Waals surface area contributed by atoms with Crippen LogP contribution in [-0.4, -0.2) is 49.6 Å². The maximum absolute atomic E-state index is 11.9. The van der Waals surface area contributed by atoms with Crippen molar-refractivity contribution in [3.63, 3.8) is 0 Å². The maximum Gasteiger partial charge on any atom is 0.311 e. The number of carbonyl (C=O) groups excluding carboxylic acids is 2. The van der Waals surface area contributed by atoms with E-state index in [1.165, 1.54) is 0 Å². The van der Waals surface area contributed by atoms with Gasteiger partial charge in [-0.15, -0.1) is 0 Å². The first-order valence-corrected chi connectivity index (χ1v) is 7.42. The minimum absolute atomic E-state index is 0.0387. The number of esters is 1. The van der Waals surface area contributed by atoms with E-state index in [0.717, 1.165) is 0 Å². The lowest BCUT2D eigenvalue weighted by atomic mass is 10.2. The Morgan fingerprint density at radius 3 is 2.59 bits per heavy atom. The summed E-state index contributed by atoms with van der Waals surface area (Å²) in [7, 11) is 3.47. The van der Waals surface area contributed by atoms with Crippen molar-refractivity contribution in [1.29, 1.82) is 0 Å². The van der Waals surface area contributed by atoms with Gasteiger partial charge in [0.2, 0.25) is 5.91 Å². The van der Waals surface area contributed by atoms with Crippen molar-refractivity contribution in [2.45, 2.75) is 31.9 Å². The molecule has 6 heteroatoms. The first-order valence-electron chi connectivity index (χ1n) is 7.42. The third kappa shape index (κ3) is 3.98. The van der Waals surface area contributed by atoms with Gasteiger partial charge >= 0.3 is 5.97 Å². The lowest BCUT2D eigenvalue weighted by Gasteiger charge is -2.17. The predicted molar refractivity (Wildman–Crippen MR) is 81.9 cm³/mol. The van der Waals surface area contributed by atoms with Crippen molar-refractivity contribution in [2.75, 3.05) is 20.6 Å². The Bertz CT molecular complexity index is 545. The average molecular weight is 306 g/mol. The van der Waals surface area contributed by atoms with Gasteiger partial charge in [0, 0.05) is 33.5 Å². The molecule has 120 valence electrons. The summed E-state index contributed by atoms with van der Waals surface area (Å²) in [4.78, 5) is 24.9. The van der Waals surface area contributed by atoms with Crippen LogP contribution in [0.4, 0.5) is 0 Å². The first kappa shape index (κ1) is 16.3. The zero-order chi connectivity index (χ0) is 16.1. The molecular weight excluding hydrogens is 284 g/mol. The molecule has 0 radical (unpaired) electrons. The third-order valence-electron chi connectivity index (χ3n) is 3.48. The predicted octanol–water partition coefficient (Wildman–Crippen LogP) is 1.20. The summed E-state index contributed by atoms with van der Waals surface area (Å²) >= 11 is 0. The molecule has 1 N–H and O–H groups in total. The highest BCUT2D eigenvalue weighted by Crippen LogP contribution is 2.29. The Balaban J connectivity index is 2.00. The Labute approximate surface area is 130 Å². The van der Waals surface area contributed by atoms with Gasteiger partial charge in [-0.3, -0.25) is 9.59 Å². The van der Waals surface area contributed by atoms with Gasteiger partial charge in [-0.25, -0.2) is 0 Å². The van der Waals surface area contributed by atoms with Crippen molar-refractivity contribution in [3.05, 3.63) is 24.3 Å². The van der Waals surface area contributed by atoms with Crippen LogP contribution in [0, 0.1) is 0 Å². The van der Waals surface area contributed by atoms with E-state index in [4.69, 9.17) is 9.47 Å². The molecule has 1 amide bonds. The molecule has 1 aromatic rings. The van der Waals surface area contributed by atoms with Gasteiger partial charge < -0.3 is 19.7 Å². The van der Waals surface area contributed by atoms with Crippen molar-refractivity contribution < 1.29 is 19.1 Å². The quantitative estimate of drug-likeness (QED) is 0.654. The van der Waals surface area contributed by atoms with Gasteiger partial charge in [0.1, 0.15) is 6.10 Å². The third-order valence-corrected chi connectivity index (χ3v) is 3.48. The van der Waals surface area contributed by atoms with E-state index in [9.17, 15) is 9.59 Å². The molecule has 1 aliphatic heterocycles.